The van der Waals surface area contributed by atoms with Gasteiger partial charge in [-0.05, 0) is 53.1 Å². The van der Waals surface area contributed by atoms with Crippen molar-refractivity contribution in [2.45, 2.75) is 24.7 Å². The fraction of sp³-hybridized carbons (Fsp3) is 0.368. The highest BCUT2D eigenvalue weighted by atomic mass is 35.5. The van der Waals surface area contributed by atoms with Crippen molar-refractivity contribution in [2.75, 3.05) is 19.0 Å². The second-order valence-electron chi connectivity index (χ2n) is 7.32. The lowest BCUT2D eigenvalue weighted by molar-refractivity contribution is 0.416. The van der Waals surface area contributed by atoms with E-state index in [9.17, 15) is 8.42 Å². The van der Waals surface area contributed by atoms with E-state index in [2.05, 4.69) is 19.2 Å². The number of sulfonamides is 1. The highest BCUT2D eigenvalue weighted by molar-refractivity contribution is 7.89. The van der Waals surface area contributed by atoms with Crippen LogP contribution in [-0.2, 0) is 10.0 Å². The van der Waals surface area contributed by atoms with Crippen LogP contribution in [0.3, 0.4) is 0 Å². The number of halogens is 1. The molecule has 1 aliphatic rings. The van der Waals surface area contributed by atoms with Crippen LogP contribution in [0, 0.1) is 11.3 Å². The minimum atomic E-state index is -3.63. The van der Waals surface area contributed by atoms with Crippen molar-refractivity contribution in [3.05, 3.63) is 53.1 Å². The topological polar surface area (TPSA) is 93.4 Å². The third-order valence-electron chi connectivity index (χ3n) is 5.43. The number of hydrogen-bond acceptors (Lipinski definition) is 5. The summed E-state index contributed by atoms with van der Waals surface area (Å²) >= 11 is 6.09. The van der Waals surface area contributed by atoms with Gasteiger partial charge in [0.2, 0.25) is 0 Å². The summed E-state index contributed by atoms with van der Waals surface area (Å²) in [5.41, 5.74) is 2.08. The van der Waals surface area contributed by atoms with Gasteiger partial charge < -0.3 is 10.1 Å². The number of ether oxygens (including phenoxy) is 1. The maximum Gasteiger partial charge on any atom is 0.253 e. The monoisotopic (exact) mass is 409 g/mol. The number of benzene rings is 2. The quantitative estimate of drug-likeness (QED) is 0.481. The normalized spacial score (nSPS) is 20.9. The van der Waals surface area contributed by atoms with Crippen LogP contribution < -0.4 is 20.7 Å². The van der Waals surface area contributed by atoms with Crippen molar-refractivity contribution in [1.29, 1.82) is 0 Å². The molecule has 146 valence electrons. The van der Waals surface area contributed by atoms with Crippen molar-refractivity contribution in [2.24, 2.45) is 17.2 Å². The Morgan fingerprint density at radius 1 is 1.19 bits per heavy atom. The molecule has 2 atom stereocenters. The molecule has 0 bridgehead atoms. The van der Waals surface area contributed by atoms with Crippen molar-refractivity contribution in [3.63, 3.8) is 0 Å². The van der Waals surface area contributed by atoms with Crippen LogP contribution in [0.15, 0.2) is 47.4 Å². The lowest BCUT2D eigenvalue weighted by Crippen LogP contribution is -2.30. The molecule has 1 aliphatic carbocycles. The van der Waals surface area contributed by atoms with Crippen molar-refractivity contribution in [1.82, 2.24) is 4.83 Å². The molecule has 8 heteroatoms. The van der Waals surface area contributed by atoms with E-state index in [4.69, 9.17) is 22.2 Å². The van der Waals surface area contributed by atoms with Crippen molar-refractivity contribution >= 4 is 27.3 Å². The number of anilines is 1. The van der Waals surface area contributed by atoms with E-state index in [1.165, 1.54) is 0 Å². The second kappa shape index (κ2) is 7.31. The van der Waals surface area contributed by atoms with Gasteiger partial charge in [0, 0.05) is 11.6 Å². The van der Waals surface area contributed by atoms with Gasteiger partial charge in [-0.3, -0.25) is 5.84 Å². The Labute approximate surface area is 165 Å². The minimum Gasteiger partial charge on any atom is -0.495 e. The molecule has 1 fully saturated rings. The summed E-state index contributed by atoms with van der Waals surface area (Å²) in [6, 6.07) is 12.4. The van der Waals surface area contributed by atoms with E-state index in [0.29, 0.717) is 16.9 Å². The summed E-state index contributed by atoms with van der Waals surface area (Å²) in [6.07, 6.45) is 0. The molecule has 27 heavy (non-hydrogen) atoms. The van der Waals surface area contributed by atoms with Crippen LogP contribution in [0.2, 0.25) is 5.02 Å². The molecular formula is C19H24ClN3O3S. The number of nitrogens with one attached hydrogen (secondary N) is 2. The summed E-state index contributed by atoms with van der Waals surface area (Å²) in [7, 11) is -2.00. The molecular weight excluding hydrogens is 386 g/mol. The number of hydrogen-bond donors (Lipinski definition) is 3. The molecule has 6 nitrogen and oxygen atoms in total. The van der Waals surface area contributed by atoms with Gasteiger partial charge in [0.25, 0.3) is 10.0 Å². The summed E-state index contributed by atoms with van der Waals surface area (Å²) in [6.45, 7) is 5.19. The lowest BCUT2D eigenvalue weighted by Gasteiger charge is -2.12. The molecule has 4 N–H and O–H groups in total. The Bertz CT molecular complexity index is 930. The lowest BCUT2D eigenvalue weighted by atomic mass is 10.0. The van der Waals surface area contributed by atoms with Crippen LogP contribution in [-0.4, -0.2) is 22.1 Å². The number of methoxy groups -OCH3 is 1. The van der Waals surface area contributed by atoms with Crippen LogP contribution in [0.1, 0.15) is 25.3 Å². The van der Waals surface area contributed by atoms with Gasteiger partial charge in [-0.2, -0.15) is 4.83 Å². The Morgan fingerprint density at radius 2 is 1.85 bits per heavy atom. The summed E-state index contributed by atoms with van der Waals surface area (Å²) < 4.78 is 28.9. The molecule has 2 aromatic carbocycles. The average molecular weight is 410 g/mol. The Kier molecular flexibility index (Phi) is 5.40. The van der Waals surface area contributed by atoms with E-state index in [1.807, 2.05) is 29.1 Å². The third kappa shape index (κ3) is 3.91. The van der Waals surface area contributed by atoms with Gasteiger partial charge in [0.1, 0.15) is 5.75 Å². The molecule has 3 rings (SSSR count). The standard InChI is InChI=1S/C19H24ClN3O3S/c1-19(2)15(11-22-16-10-13(20)6-9-17(16)26-3)18(19)12-4-7-14(8-5-12)27(24,25)23-21/h4-10,15,18,22-23H,11,21H2,1-3H3. The molecule has 0 amide bonds. The van der Waals surface area contributed by atoms with E-state index in [1.54, 1.807) is 25.3 Å². The fourth-order valence-electron chi connectivity index (χ4n) is 3.75. The van der Waals surface area contributed by atoms with E-state index >= 15 is 0 Å². The molecule has 2 aromatic rings. The Morgan fingerprint density at radius 3 is 2.44 bits per heavy atom. The first kappa shape index (κ1) is 19.9. The van der Waals surface area contributed by atoms with Crippen LogP contribution in [0.5, 0.6) is 5.75 Å². The summed E-state index contributed by atoms with van der Waals surface area (Å²) in [5.74, 6) is 6.56. The minimum absolute atomic E-state index is 0.102. The van der Waals surface area contributed by atoms with Gasteiger partial charge in [0.05, 0.1) is 17.7 Å². The zero-order valence-corrected chi connectivity index (χ0v) is 17.1. The predicted molar refractivity (Wildman–Crippen MR) is 107 cm³/mol. The zero-order valence-electron chi connectivity index (χ0n) is 15.5. The van der Waals surface area contributed by atoms with Gasteiger partial charge in [-0.15, -0.1) is 0 Å². The molecule has 0 radical (unpaired) electrons. The SMILES string of the molecule is COc1ccc(Cl)cc1NCC1C(c2ccc(S(=O)(=O)NN)cc2)C1(C)C. The summed E-state index contributed by atoms with van der Waals surface area (Å²) in [5, 5.41) is 4.08. The first-order valence-electron chi connectivity index (χ1n) is 8.60. The zero-order chi connectivity index (χ0) is 19.8. The number of rotatable bonds is 7. The maximum atomic E-state index is 11.8. The predicted octanol–water partition coefficient (Wildman–Crippen LogP) is 3.35. The number of nitrogens with two attached hydrogens (primary N) is 1. The summed E-state index contributed by atoms with van der Waals surface area (Å²) in [4.78, 5) is 2.00. The molecule has 0 aromatic heterocycles. The molecule has 2 unspecified atom stereocenters. The van der Waals surface area contributed by atoms with Crippen LogP contribution in [0.4, 0.5) is 5.69 Å². The van der Waals surface area contributed by atoms with Crippen LogP contribution >= 0.6 is 11.6 Å². The van der Waals surface area contributed by atoms with E-state index in [0.717, 1.165) is 23.5 Å². The van der Waals surface area contributed by atoms with Gasteiger partial charge in [-0.1, -0.05) is 37.6 Å². The average Bonchev–Trinajstić information content (AvgIpc) is 3.20. The largest absolute Gasteiger partial charge is 0.495 e. The molecule has 0 aliphatic heterocycles. The van der Waals surface area contributed by atoms with Gasteiger partial charge >= 0.3 is 0 Å². The van der Waals surface area contributed by atoms with Crippen molar-refractivity contribution in [3.8, 4) is 5.75 Å². The van der Waals surface area contributed by atoms with Gasteiger partial charge in [-0.25, -0.2) is 8.42 Å². The molecule has 0 heterocycles. The molecule has 1 saturated carbocycles. The first-order chi connectivity index (χ1) is 12.7. The van der Waals surface area contributed by atoms with Crippen LogP contribution in [0.25, 0.3) is 0 Å². The Hall–Kier alpha value is -1.80. The molecule has 0 saturated heterocycles. The molecule has 0 spiro atoms. The first-order valence-corrected chi connectivity index (χ1v) is 10.5. The highest BCUT2D eigenvalue weighted by Crippen LogP contribution is 2.64. The highest BCUT2D eigenvalue weighted by Gasteiger charge is 2.57. The third-order valence-corrected chi connectivity index (χ3v) is 6.87. The maximum absolute atomic E-state index is 11.8. The Balaban J connectivity index is 1.73. The van der Waals surface area contributed by atoms with Crippen molar-refractivity contribution < 1.29 is 13.2 Å². The van der Waals surface area contributed by atoms with Gasteiger partial charge in [0.15, 0.2) is 0 Å². The van der Waals surface area contributed by atoms with E-state index in [-0.39, 0.29) is 10.3 Å². The fourth-order valence-corrected chi connectivity index (χ4v) is 4.55. The van der Waals surface area contributed by atoms with E-state index < -0.39 is 10.0 Å². The second-order valence-corrected chi connectivity index (χ2v) is 9.47. The number of hydrazine groups is 1. The smallest absolute Gasteiger partial charge is 0.253 e.